The van der Waals surface area contributed by atoms with E-state index in [9.17, 15) is 0 Å². The fraction of sp³-hybridized carbons (Fsp3) is 0.250. The molecule has 0 atom stereocenters. The SMILES string of the molecule is Cl.c1ccc2c(c1)CNC2. The van der Waals surface area contributed by atoms with E-state index in [2.05, 4.69) is 29.6 Å². The Morgan fingerprint density at radius 3 is 2.00 bits per heavy atom. The molecule has 1 aromatic rings. The Labute approximate surface area is 66.9 Å². The Kier molecular flexibility index (Phi) is 2.30. The highest BCUT2D eigenvalue weighted by atomic mass is 35.5. The Bertz CT molecular complexity index is 199. The fourth-order valence-corrected chi connectivity index (χ4v) is 1.23. The van der Waals surface area contributed by atoms with E-state index >= 15 is 0 Å². The first-order valence-electron chi connectivity index (χ1n) is 3.24. The van der Waals surface area contributed by atoms with E-state index in [1.807, 2.05) is 0 Å². The molecule has 2 heteroatoms. The van der Waals surface area contributed by atoms with Crippen molar-refractivity contribution in [3.8, 4) is 0 Å². The summed E-state index contributed by atoms with van der Waals surface area (Å²) >= 11 is 0. The molecule has 0 aromatic heterocycles. The molecule has 0 fully saturated rings. The summed E-state index contributed by atoms with van der Waals surface area (Å²) in [5, 5.41) is 3.29. The molecule has 2 rings (SSSR count). The van der Waals surface area contributed by atoms with E-state index in [1.54, 1.807) is 0 Å². The van der Waals surface area contributed by atoms with Gasteiger partial charge in [-0.15, -0.1) is 12.4 Å². The monoisotopic (exact) mass is 155 g/mol. The summed E-state index contributed by atoms with van der Waals surface area (Å²) in [6, 6.07) is 8.53. The number of benzene rings is 1. The highest BCUT2D eigenvalue weighted by molar-refractivity contribution is 5.85. The molecule has 1 nitrogen and oxygen atoms in total. The molecule has 0 aliphatic carbocycles. The molecule has 1 aliphatic rings. The Balaban J connectivity index is 0.000000500. The molecule has 54 valence electrons. The van der Waals surface area contributed by atoms with Gasteiger partial charge in [-0.2, -0.15) is 0 Å². The summed E-state index contributed by atoms with van der Waals surface area (Å²) in [4.78, 5) is 0. The summed E-state index contributed by atoms with van der Waals surface area (Å²) in [5.74, 6) is 0. The molecule has 1 aromatic carbocycles. The normalized spacial score (nSPS) is 14.0. The summed E-state index contributed by atoms with van der Waals surface area (Å²) in [7, 11) is 0. The number of nitrogens with one attached hydrogen (secondary N) is 1. The van der Waals surface area contributed by atoms with E-state index < -0.39 is 0 Å². The first kappa shape index (κ1) is 7.58. The fourth-order valence-electron chi connectivity index (χ4n) is 1.23. The zero-order valence-electron chi connectivity index (χ0n) is 5.63. The van der Waals surface area contributed by atoms with Crippen LogP contribution in [0.2, 0.25) is 0 Å². The predicted octanol–water partition coefficient (Wildman–Crippen LogP) is 1.71. The van der Waals surface area contributed by atoms with E-state index in [4.69, 9.17) is 0 Å². The Morgan fingerprint density at radius 2 is 1.50 bits per heavy atom. The van der Waals surface area contributed by atoms with Gasteiger partial charge in [0.15, 0.2) is 0 Å². The molecule has 0 spiro atoms. The highest BCUT2D eigenvalue weighted by Crippen LogP contribution is 2.12. The molecule has 0 bridgehead atoms. The van der Waals surface area contributed by atoms with E-state index in [1.165, 1.54) is 11.1 Å². The molecule has 0 saturated heterocycles. The molecular weight excluding hydrogens is 146 g/mol. The van der Waals surface area contributed by atoms with Gasteiger partial charge in [0.25, 0.3) is 0 Å². The summed E-state index contributed by atoms with van der Waals surface area (Å²) < 4.78 is 0. The van der Waals surface area contributed by atoms with Gasteiger partial charge >= 0.3 is 0 Å². The molecule has 1 N–H and O–H groups in total. The van der Waals surface area contributed by atoms with Crippen molar-refractivity contribution in [2.24, 2.45) is 0 Å². The standard InChI is InChI=1S/C8H9N.ClH/c1-2-4-8-6-9-5-7(8)3-1;/h1-4,9H,5-6H2;1H. The average Bonchev–Trinajstić information content (AvgIpc) is 2.33. The molecule has 0 radical (unpaired) electrons. The maximum atomic E-state index is 3.29. The molecule has 0 saturated carbocycles. The van der Waals surface area contributed by atoms with Crippen molar-refractivity contribution in [2.45, 2.75) is 13.1 Å². The molecule has 1 aliphatic heterocycles. The summed E-state index contributed by atoms with van der Waals surface area (Å²) in [6.07, 6.45) is 0. The molecule has 10 heavy (non-hydrogen) atoms. The smallest absolute Gasteiger partial charge is 0.0211 e. The lowest BCUT2D eigenvalue weighted by atomic mass is 10.1. The van der Waals surface area contributed by atoms with Crippen molar-refractivity contribution in [3.63, 3.8) is 0 Å². The van der Waals surface area contributed by atoms with Crippen LogP contribution in [-0.4, -0.2) is 0 Å². The Hall–Kier alpha value is -0.530. The zero-order chi connectivity index (χ0) is 6.10. The second-order valence-corrected chi connectivity index (χ2v) is 2.37. The van der Waals surface area contributed by atoms with Crippen LogP contribution in [0, 0.1) is 0 Å². The van der Waals surface area contributed by atoms with Gasteiger partial charge in [0.2, 0.25) is 0 Å². The Morgan fingerprint density at radius 1 is 1.00 bits per heavy atom. The van der Waals surface area contributed by atoms with Gasteiger partial charge in [0, 0.05) is 13.1 Å². The van der Waals surface area contributed by atoms with Crippen LogP contribution in [0.1, 0.15) is 11.1 Å². The van der Waals surface area contributed by atoms with Gasteiger partial charge in [0.05, 0.1) is 0 Å². The van der Waals surface area contributed by atoms with Crippen molar-refractivity contribution in [1.82, 2.24) is 5.32 Å². The van der Waals surface area contributed by atoms with Gasteiger partial charge in [-0.1, -0.05) is 24.3 Å². The number of fused-ring (bicyclic) bond motifs is 1. The van der Waals surface area contributed by atoms with E-state index in [0.717, 1.165) is 13.1 Å². The third kappa shape index (κ3) is 1.15. The molecule has 0 unspecified atom stereocenters. The first-order valence-corrected chi connectivity index (χ1v) is 3.24. The minimum Gasteiger partial charge on any atom is -0.309 e. The summed E-state index contributed by atoms with van der Waals surface area (Å²) in [6.45, 7) is 2.10. The van der Waals surface area contributed by atoms with Crippen LogP contribution in [0.3, 0.4) is 0 Å². The van der Waals surface area contributed by atoms with Crippen LogP contribution in [0.5, 0.6) is 0 Å². The quantitative estimate of drug-likeness (QED) is 0.602. The lowest BCUT2D eigenvalue weighted by molar-refractivity contribution is 0.765. The third-order valence-corrected chi connectivity index (χ3v) is 1.75. The number of halogens is 1. The van der Waals surface area contributed by atoms with Crippen LogP contribution in [0.25, 0.3) is 0 Å². The molecular formula is C8H10ClN. The predicted molar refractivity (Wildman–Crippen MR) is 44.2 cm³/mol. The third-order valence-electron chi connectivity index (χ3n) is 1.75. The van der Waals surface area contributed by atoms with Crippen molar-refractivity contribution >= 4 is 12.4 Å². The minimum atomic E-state index is 0. The number of hydrogen-bond donors (Lipinski definition) is 1. The van der Waals surface area contributed by atoms with Gasteiger partial charge in [-0.3, -0.25) is 0 Å². The second kappa shape index (κ2) is 3.04. The number of rotatable bonds is 0. The van der Waals surface area contributed by atoms with Crippen LogP contribution in [0.4, 0.5) is 0 Å². The lowest BCUT2D eigenvalue weighted by Gasteiger charge is -1.91. The number of hydrogen-bond acceptors (Lipinski definition) is 1. The van der Waals surface area contributed by atoms with Gasteiger partial charge < -0.3 is 5.32 Å². The van der Waals surface area contributed by atoms with Crippen LogP contribution >= 0.6 is 12.4 Å². The van der Waals surface area contributed by atoms with Crippen molar-refractivity contribution in [1.29, 1.82) is 0 Å². The van der Waals surface area contributed by atoms with Crippen LogP contribution < -0.4 is 5.32 Å². The molecule has 1 heterocycles. The van der Waals surface area contributed by atoms with Crippen LogP contribution in [-0.2, 0) is 13.1 Å². The van der Waals surface area contributed by atoms with E-state index in [0.29, 0.717) is 0 Å². The van der Waals surface area contributed by atoms with Crippen molar-refractivity contribution in [3.05, 3.63) is 35.4 Å². The van der Waals surface area contributed by atoms with Crippen LogP contribution in [0.15, 0.2) is 24.3 Å². The average molecular weight is 156 g/mol. The zero-order valence-corrected chi connectivity index (χ0v) is 6.45. The minimum absolute atomic E-state index is 0. The van der Waals surface area contributed by atoms with Gasteiger partial charge in [0.1, 0.15) is 0 Å². The van der Waals surface area contributed by atoms with Crippen molar-refractivity contribution in [2.75, 3.05) is 0 Å². The van der Waals surface area contributed by atoms with Gasteiger partial charge in [-0.05, 0) is 11.1 Å². The van der Waals surface area contributed by atoms with E-state index in [-0.39, 0.29) is 12.4 Å². The first-order chi connectivity index (χ1) is 4.47. The lowest BCUT2D eigenvalue weighted by Crippen LogP contribution is -1.99. The maximum absolute atomic E-state index is 3.29. The second-order valence-electron chi connectivity index (χ2n) is 2.37. The highest BCUT2D eigenvalue weighted by Gasteiger charge is 2.06. The topological polar surface area (TPSA) is 12.0 Å². The largest absolute Gasteiger partial charge is 0.309 e. The summed E-state index contributed by atoms with van der Waals surface area (Å²) in [5.41, 5.74) is 2.91. The maximum Gasteiger partial charge on any atom is 0.0211 e. The van der Waals surface area contributed by atoms with Crippen molar-refractivity contribution < 1.29 is 0 Å². The molecule has 0 amide bonds. The van der Waals surface area contributed by atoms with Gasteiger partial charge in [-0.25, -0.2) is 0 Å².